The van der Waals surface area contributed by atoms with Crippen molar-refractivity contribution >= 4 is 15.9 Å². The summed E-state index contributed by atoms with van der Waals surface area (Å²) in [6.07, 6.45) is 1.85. The Morgan fingerprint density at radius 1 is 0.731 bits per heavy atom. The van der Waals surface area contributed by atoms with Crippen LogP contribution < -0.4 is 18.6 Å². The van der Waals surface area contributed by atoms with Gasteiger partial charge in [-0.1, -0.05) is 40.2 Å². The first kappa shape index (κ1) is 19.0. The van der Waals surface area contributed by atoms with Gasteiger partial charge in [0.15, 0.2) is 0 Å². The molecule has 0 aliphatic heterocycles. The van der Waals surface area contributed by atoms with E-state index in [1.807, 2.05) is 12.1 Å². The highest BCUT2D eigenvalue weighted by Gasteiger charge is 2.26. The SMILES string of the molecule is Brc1ccc(-c2ccc3c([o+]2)Cc2ccccc2C3)cc1.[O-][Cl+3]([O-])([O-])[O-]. The molecule has 134 valence electrons. The molecule has 1 aromatic heterocycles. The highest BCUT2D eigenvalue weighted by Crippen LogP contribution is 2.31. The topological polar surface area (TPSA) is 104 Å². The minimum Gasteiger partial charge on any atom is -0.222 e. The van der Waals surface area contributed by atoms with Crippen molar-refractivity contribution < 1.29 is 33.3 Å². The zero-order chi connectivity index (χ0) is 18.7. The monoisotopic (exact) mass is 436 g/mol. The number of rotatable bonds is 1. The maximum Gasteiger partial charge on any atom is 0.360 e. The molecule has 1 heterocycles. The van der Waals surface area contributed by atoms with E-state index >= 15 is 0 Å². The summed E-state index contributed by atoms with van der Waals surface area (Å²) in [5, 5.41) is 0. The molecule has 2 aromatic carbocycles. The Bertz CT molecular complexity index is 901. The fraction of sp³-hybridized carbons (Fsp3) is 0.105. The highest BCUT2D eigenvalue weighted by molar-refractivity contribution is 9.10. The first-order valence-corrected chi connectivity index (χ1v) is 9.72. The van der Waals surface area contributed by atoms with Crippen LogP contribution in [-0.2, 0) is 12.8 Å². The van der Waals surface area contributed by atoms with E-state index < -0.39 is 10.2 Å². The Morgan fingerprint density at radius 3 is 1.92 bits per heavy atom. The van der Waals surface area contributed by atoms with Crippen LogP contribution >= 0.6 is 15.9 Å². The summed E-state index contributed by atoms with van der Waals surface area (Å²) < 4.78 is 41.2. The van der Waals surface area contributed by atoms with Gasteiger partial charge in [-0.25, -0.2) is 23.1 Å². The van der Waals surface area contributed by atoms with E-state index in [0.29, 0.717) is 0 Å². The number of hydrogen-bond donors (Lipinski definition) is 0. The third-order valence-corrected chi connectivity index (χ3v) is 4.53. The lowest BCUT2D eigenvalue weighted by molar-refractivity contribution is -2.00. The lowest BCUT2D eigenvalue weighted by Gasteiger charge is -2.17. The Morgan fingerprint density at radius 2 is 1.31 bits per heavy atom. The summed E-state index contributed by atoms with van der Waals surface area (Å²) in [7, 11) is -4.94. The van der Waals surface area contributed by atoms with E-state index in [1.165, 1.54) is 16.7 Å². The second-order valence-corrected chi connectivity index (χ2v) is 7.43. The lowest BCUT2D eigenvalue weighted by Crippen LogP contribution is -2.68. The summed E-state index contributed by atoms with van der Waals surface area (Å²) in [4.78, 5) is 0. The Balaban J connectivity index is 0.000000349. The predicted molar refractivity (Wildman–Crippen MR) is 88.3 cm³/mol. The van der Waals surface area contributed by atoms with Crippen LogP contribution in [-0.4, -0.2) is 0 Å². The van der Waals surface area contributed by atoms with Crippen LogP contribution in [0.4, 0.5) is 0 Å². The molecule has 5 nitrogen and oxygen atoms in total. The summed E-state index contributed by atoms with van der Waals surface area (Å²) in [5.74, 6) is 2.02. The third-order valence-electron chi connectivity index (χ3n) is 4.01. The molecule has 0 saturated carbocycles. The molecule has 26 heavy (non-hydrogen) atoms. The van der Waals surface area contributed by atoms with Crippen LogP contribution in [0.1, 0.15) is 22.5 Å². The first-order chi connectivity index (χ1) is 12.3. The molecular formula is C19H14BrClO5. The number of fused-ring (bicyclic) bond motifs is 2. The zero-order valence-electron chi connectivity index (χ0n) is 13.5. The van der Waals surface area contributed by atoms with Crippen LogP contribution in [0.25, 0.3) is 11.3 Å². The van der Waals surface area contributed by atoms with Crippen LogP contribution in [0, 0.1) is 10.2 Å². The molecule has 7 heteroatoms. The molecule has 0 N–H and O–H groups in total. The van der Waals surface area contributed by atoms with Gasteiger partial charge in [0.05, 0.1) is 17.5 Å². The van der Waals surface area contributed by atoms with Gasteiger partial charge in [0.1, 0.15) is 0 Å². The molecule has 0 spiro atoms. The third kappa shape index (κ3) is 5.11. The minimum absolute atomic E-state index is 0.885. The summed E-state index contributed by atoms with van der Waals surface area (Å²) in [6.45, 7) is 0. The molecule has 0 unspecified atom stereocenters. The van der Waals surface area contributed by atoms with Gasteiger partial charge in [-0.05, 0) is 41.5 Å². The van der Waals surface area contributed by atoms with Crippen molar-refractivity contribution in [3.63, 3.8) is 0 Å². The number of hydrogen-bond acceptors (Lipinski definition) is 4. The maximum atomic E-state index is 8.49. The fourth-order valence-corrected chi connectivity index (χ4v) is 3.12. The standard InChI is InChI=1S/C19H14BrO.ClHO4/c20-17-8-5-13(6-9-17)18-10-7-16-11-14-3-1-2-4-15(14)12-19(16)21-18;2-1(3,4)5/h1-10H,11-12H2;(H,2,3,4,5)/q+1;/p-1. The van der Waals surface area contributed by atoms with Gasteiger partial charge in [-0.2, -0.15) is 0 Å². The van der Waals surface area contributed by atoms with Crippen molar-refractivity contribution in [2.75, 3.05) is 0 Å². The summed E-state index contributed by atoms with van der Waals surface area (Å²) in [6, 6.07) is 21.1. The van der Waals surface area contributed by atoms with Crippen LogP contribution in [0.3, 0.4) is 0 Å². The van der Waals surface area contributed by atoms with Gasteiger partial charge in [0.2, 0.25) is 0 Å². The Labute approximate surface area is 161 Å². The van der Waals surface area contributed by atoms with E-state index in [-0.39, 0.29) is 0 Å². The fourth-order valence-electron chi connectivity index (χ4n) is 2.86. The van der Waals surface area contributed by atoms with Crippen molar-refractivity contribution in [2.24, 2.45) is 0 Å². The van der Waals surface area contributed by atoms with E-state index in [0.717, 1.165) is 34.4 Å². The van der Waals surface area contributed by atoms with E-state index in [9.17, 15) is 0 Å². The van der Waals surface area contributed by atoms with Crippen molar-refractivity contribution in [1.82, 2.24) is 0 Å². The highest BCUT2D eigenvalue weighted by atomic mass is 79.9. The second-order valence-electron chi connectivity index (χ2n) is 5.76. The quantitative estimate of drug-likeness (QED) is 0.408. The minimum atomic E-state index is -4.94. The van der Waals surface area contributed by atoms with Crippen LogP contribution in [0.5, 0.6) is 0 Å². The molecule has 0 radical (unpaired) electrons. The first-order valence-electron chi connectivity index (χ1n) is 7.69. The lowest BCUT2D eigenvalue weighted by atomic mass is 9.90. The van der Waals surface area contributed by atoms with Gasteiger partial charge in [0, 0.05) is 17.0 Å². The molecule has 4 rings (SSSR count). The van der Waals surface area contributed by atoms with Gasteiger partial charge < -0.3 is 0 Å². The zero-order valence-corrected chi connectivity index (χ0v) is 15.8. The van der Waals surface area contributed by atoms with Gasteiger partial charge in [-0.15, -0.1) is 10.2 Å². The molecule has 0 amide bonds. The number of halogens is 2. The van der Waals surface area contributed by atoms with Gasteiger partial charge in [0.25, 0.3) is 0 Å². The van der Waals surface area contributed by atoms with Crippen molar-refractivity contribution in [3.05, 3.63) is 87.6 Å². The maximum absolute atomic E-state index is 8.49. The average molecular weight is 438 g/mol. The predicted octanol–water partition coefficient (Wildman–Crippen LogP) is 0.729. The van der Waals surface area contributed by atoms with Crippen molar-refractivity contribution in [2.45, 2.75) is 12.8 Å². The van der Waals surface area contributed by atoms with Crippen LogP contribution in [0.2, 0.25) is 0 Å². The van der Waals surface area contributed by atoms with E-state index in [1.54, 1.807) is 0 Å². The molecule has 0 fully saturated rings. The molecular weight excluding hydrogens is 424 g/mol. The molecule has 0 saturated heterocycles. The van der Waals surface area contributed by atoms with Crippen molar-refractivity contribution in [1.29, 1.82) is 0 Å². The Hall–Kier alpha value is -1.80. The number of benzene rings is 2. The molecule has 1 aliphatic rings. The molecule has 3 aromatic rings. The normalized spacial score (nSPS) is 12.5. The average Bonchev–Trinajstić information content (AvgIpc) is 2.59. The van der Waals surface area contributed by atoms with Crippen molar-refractivity contribution in [3.8, 4) is 11.3 Å². The van der Waals surface area contributed by atoms with E-state index in [2.05, 4.69) is 64.5 Å². The van der Waals surface area contributed by atoms with Gasteiger partial charge >= 0.3 is 11.5 Å². The molecule has 0 bridgehead atoms. The van der Waals surface area contributed by atoms with Gasteiger partial charge in [-0.3, -0.25) is 0 Å². The molecule has 0 atom stereocenters. The summed E-state index contributed by atoms with van der Waals surface area (Å²) >= 11 is 3.47. The second kappa shape index (κ2) is 7.84. The largest absolute Gasteiger partial charge is 0.360 e. The van der Waals surface area contributed by atoms with E-state index in [4.69, 9.17) is 23.1 Å². The Kier molecular flexibility index (Phi) is 5.72. The van der Waals surface area contributed by atoms with Crippen LogP contribution in [0.15, 0.2) is 69.6 Å². The smallest absolute Gasteiger partial charge is 0.222 e. The molecule has 1 aliphatic carbocycles. The summed E-state index contributed by atoms with van der Waals surface area (Å²) in [5.41, 5.74) is 5.20.